The molecule has 0 aliphatic heterocycles. The SMILES string of the molecule is CCCCNS(=O)(=O)c1ccc(Nc2nc(OCC3CCCCC3)c3[nH]cnc3n2)cc1. The van der Waals surface area contributed by atoms with Crippen molar-refractivity contribution in [2.75, 3.05) is 18.5 Å². The van der Waals surface area contributed by atoms with Crippen molar-refractivity contribution in [3.63, 3.8) is 0 Å². The predicted molar refractivity (Wildman–Crippen MR) is 124 cm³/mol. The second-order valence-electron chi connectivity index (χ2n) is 8.17. The van der Waals surface area contributed by atoms with Gasteiger partial charge in [0, 0.05) is 12.2 Å². The van der Waals surface area contributed by atoms with Gasteiger partial charge in [0.1, 0.15) is 5.52 Å². The molecule has 2 aromatic heterocycles. The van der Waals surface area contributed by atoms with Crippen LogP contribution in [0.4, 0.5) is 11.6 Å². The minimum Gasteiger partial charge on any atom is -0.476 e. The van der Waals surface area contributed by atoms with E-state index in [0.717, 1.165) is 12.8 Å². The van der Waals surface area contributed by atoms with Crippen molar-refractivity contribution >= 4 is 32.8 Å². The maximum atomic E-state index is 12.4. The average molecular weight is 459 g/mol. The van der Waals surface area contributed by atoms with Crippen LogP contribution in [0.15, 0.2) is 35.5 Å². The van der Waals surface area contributed by atoms with E-state index in [4.69, 9.17) is 4.74 Å². The number of sulfonamides is 1. The minimum atomic E-state index is -3.51. The number of fused-ring (bicyclic) bond motifs is 1. The Labute approximate surface area is 188 Å². The Morgan fingerprint density at radius 3 is 2.66 bits per heavy atom. The summed E-state index contributed by atoms with van der Waals surface area (Å²) in [5.41, 5.74) is 1.86. The number of anilines is 2. The van der Waals surface area contributed by atoms with Crippen LogP contribution in [0.5, 0.6) is 5.88 Å². The number of H-pyrrole nitrogens is 1. The summed E-state index contributed by atoms with van der Waals surface area (Å²) < 4.78 is 33.4. The largest absolute Gasteiger partial charge is 0.476 e. The number of benzene rings is 1. The van der Waals surface area contributed by atoms with Gasteiger partial charge in [-0.1, -0.05) is 32.6 Å². The van der Waals surface area contributed by atoms with Crippen LogP contribution in [-0.2, 0) is 10.0 Å². The van der Waals surface area contributed by atoms with E-state index in [1.807, 2.05) is 6.92 Å². The summed E-state index contributed by atoms with van der Waals surface area (Å²) in [6, 6.07) is 6.50. The maximum Gasteiger partial charge on any atom is 0.245 e. The number of rotatable bonds is 10. The lowest BCUT2D eigenvalue weighted by molar-refractivity contribution is 0.205. The van der Waals surface area contributed by atoms with E-state index in [2.05, 4.69) is 30.0 Å². The Hall–Kier alpha value is -2.72. The van der Waals surface area contributed by atoms with E-state index >= 15 is 0 Å². The van der Waals surface area contributed by atoms with Gasteiger partial charge < -0.3 is 15.0 Å². The van der Waals surface area contributed by atoms with Crippen molar-refractivity contribution in [1.29, 1.82) is 0 Å². The first-order chi connectivity index (χ1) is 15.5. The zero-order chi connectivity index (χ0) is 22.4. The molecule has 2 heterocycles. The number of nitrogens with zero attached hydrogens (tertiary/aromatic N) is 3. The number of aromatic amines is 1. The molecule has 0 saturated heterocycles. The molecule has 9 nitrogen and oxygen atoms in total. The fraction of sp³-hybridized carbons (Fsp3) is 0.500. The van der Waals surface area contributed by atoms with Crippen LogP contribution < -0.4 is 14.8 Å². The number of unbranched alkanes of at least 4 members (excludes halogenated alkanes) is 1. The molecule has 1 aromatic carbocycles. The summed E-state index contributed by atoms with van der Waals surface area (Å²) in [5.74, 6) is 1.37. The molecule has 0 amide bonds. The molecule has 1 aliphatic carbocycles. The second-order valence-corrected chi connectivity index (χ2v) is 9.94. The van der Waals surface area contributed by atoms with Gasteiger partial charge in [-0.15, -0.1) is 0 Å². The van der Waals surface area contributed by atoms with Crippen molar-refractivity contribution in [2.45, 2.75) is 56.8 Å². The molecule has 172 valence electrons. The minimum absolute atomic E-state index is 0.222. The highest BCUT2D eigenvalue weighted by molar-refractivity contribution is 7.89. The van der Waals surface area contributed by atoms with Crippen molar-refractivity contribution in [3.05, 3.63) is 30.6 Å². The van der Waals surface area contributed by atoms with E-state index in [0.29, 0.717) is 47.7 Å². The number of hydrogen-bond donors (Lipinski definition) is 3. The molecule has 1 aliphatic rings. The Morgan fingerprint density at radius 1 is 1.12 bits per heavy atom. The molecule has 0 spiro atoms. The standard InChI is InChI=1S/C22H30N6O3S/c1-2-3-13-25-32(29,30)18-11-9-17(10-12-18)26-22-27-20-19(23-15-24-20)21(28-22)31-14-16-7-5-4-6-8-16/h9-12,15-16,25H,2-8,13-14H2,1H3,(H2,23,24,26,27,28). The Balaban J connectivity index is 1.46. The van der Waals surface area contributed by atoms with Gasteiger partial charge in [0.15, 0.2) is 5.65 Å². The fourth-order valence-corrected chi connectivity index (χ4v) is 4.90. The monoisotopic (exact) mass is 458 g/mol. The van der Waals surface area contributed by atoms with Gasteiger partial charge in [0.2, 0.25) is 21.9 Å². The van der Waals surface area contributed by atoms with Crippen molar-refractivity contribution in [1.82, 2.24) is 24.7 Å². The number of ether oxygens (including phenoxy) is 1. The third kappa shape index (κ3) is 5.55. The molecule has 0 radical (unpaired) electrons. The highest BCUT2D eigenvalue weighted by Crippen LogP contribution is 2.27. The van der Waals surface area contributed by atoms with Crippen LogP contribution in [0, 0.1) is 5.92 Å². The molecule has 1 saturated carbocycles. The first-order valence-electron chi connectivity index (χ1n) is 11.3. The topological polar surface area (TPSA) is 122 Å². The smallest absolute Gasteiger partial charge is 0.245 e. The Morgan fingerprint density at radius 2 is 1.91 bits per heavy atom. The quantitative estimate of drug-likeness (QED) is 0.390. The zero-order valence-corrected chi connectivity index (χ0v) is 19.1. The summed E-state index contributed by atoms with van der Waals surface area (Å²) in [6.07, 6.45) is 9.48. The van der Waals surface area contributed by atoms with E-state index in [-0.39, 0.29) is 4.90 Å². The maximum absolute atomic E-state index is 12.4. The van der Waals surface area contributed by atoms with Gasteiger partial charge in [-0.25, -0.2) is 18.1 Å². The van der Waals surface area contributed by atoms with E-state index in [1.54, 1.807) is 30.6 Å². The molecule has 4 rings (SSSR count). The molecule has 0 atom stereocenters. The zero-order valence-electron chi connectivity index (χ0n) is 18.3. The van der Waals surface area contributed by atoms with Gasteiger partial charge in [-0.05, 0) is 49.4 Å². The Kier molecular flexibility index (Phi) is 7.21. The van der Waals surface area contributed by atoms with E-state index < -0.39 is 10.0 Å². The van der Waals surface area contributed by atoms with Crippen molar-refractivity contribution < 1.29 is 13.2 Å². The van der Waals surface area contributed by atoms with Gasteiger partial charge in [-0.3, -0.25) is 0 Å². The van der Waals surface area contributed by atoms with Crippen molar-refractivity contribution in [3.8, 4) is 5.88 Å². The number of hydrogen-bond acceptors (Lipinski definition) is 7. The van der Waals surface area contributed by atoms with E-state index in [1.165, 1.54) is 32.1 Å². The highest BCUT2D eigenvalue weighted by atomic mass is 32.2. The molecule has 1 fully saturated rings. The summed E-state index contributed by atoms with van der Waals surface area (Å²) in [6.45, 7) is 3.08. The molecular weight excluding hydrogens is 428 g/mol. The lowest BCUT2D eigenvalue weighted by Gasteiger charge is -2.21. The molecule has 3 N–H and O–H groups in total. The van der Waals surface area contributed by atoms with Gasteiger partial charge >= 0.3 is 0 Å². The lowest BCUT2D eigenvalue weighted by atomic mass is 9.90. The number of nitrogens with one attached hydrogen (secondary N) is 3. The van der Waals surface area contributed by atoms with Gasteiger partial charge in [-0.2, -0.15) is 9.97 Å². The fourth-order valence-electron chi connectivity index (χ4n) is 3.83. The Bertz CT molecular complexity index is 1120. The number of imidazole rings is 1. The van der Waals surface area contributed by atoms with E-state index in [9.17, 15) is 8.42 Å². The molecule has 32 heavy (non-hydrogen) atoms. The molecule has 0 bridgehead atoms. The van der Waals surface area contributed by atoms with Crippen LogP contribution >= 0.6 is 0 Å². The molecular formula is C22H30N6O3S. The number of aromatic nitrogens is 4. The average Bonchev–Trinajstić information content (AvgIpc) is 3.27. The van der Waals surface area contributed by atoms with Crippen molar-refractivity contribution in [2.24, 2.45) is 5.92 Å². The molecule has 0 unspecified atom stereocenters. The van der Waals surface area contributed by atoms with Crippen LogP contribution in [0.2, 0.25) is 0 Å². The summed E-state index contributed by atoms with van der Waals surface area (Å²) in [4.78, 5) is 16.5. The summed E-state index contributed by atoms with van der Waals surface area (Å²) in [7, 11) is -3.51. The third-order valence-electron chi connectivity index (χ3n) is 5.68. The first-order valence-corrected chi connectivity index (χ1v) is 12.7. The van der Waals surface area contributed by atoms with Crippen LogP contribution in [0.3, 0.4) is 0 Å². The van der Waals surface area contributed by atoms with Crippen LogP contribution in [0.1, 0.15) is 51.9 Å². The van der Waals surface area contributed by atoms with Crippen LogP contribution in [-0.4, -0.2) is 41.5 Å². The van der Waals surface area contributed by atoms with Gasteiger partial charge in [0.25, 0.3) is 0 Å². The first kappa shape index (κ1) is 22.5. The summed E-state index contributed by atoms with van der Waals surface area (Å²) in [5, 5.41) is 3.12. The second kappa shape index (κ2) is 10.3. The normalized spacial score (nSPS) is 15.2. The van der Waals surface area contributed by atoms with Crippen LogP contribution in [0.25, 0.3) is 11.2 Å². The predicted octanol–water partition coefficient (Wildman–Crippen LogP) is 4.13. The van der Waals surface area contributed by atoms with Gasteiger partial charge in [0.05, 0.1) is 17.8 Å². The highest BCUT2D eigenvalue weighted by Gasteiger charge is 2.17. The summed E-state index contributed by atoms with van der Waals surface area (Å²) >= 11 is 0. The molecule has 10 heteroatoms. The molecule has 3 aromatic rings. The lowest BCUT2D eigenvalue weighted by Crippen LogP contribution is -2.24. The third-order valence-corrected chi connectivity index (χ3v) is 7.15.